The molecule has 0 bridgehead atoms. The molecule has 0 aromatic rings. The molecule has 0 aliphatic carbocycles. The van der Waals surface area contributed by atoms with Gasteiger partial charge in [-0.1, -0.05) is 19.2 Å². The van der Waals surface area contributed by atoms with E-state index < -0.39 is 22.8 Å². The second-order valence-electron chi connectivity index (χ2n) is 6.24. The van der Waals surface area contributed by atoms with Gasteiger partial charge in [0.2, 0.25) is 0 Å². The Bertz CT molecular complexity index is 327. The number of rotatable bonds is 9. The highest BCUT2D eigenvalue weighted by Crippen LogP contribution is 2.34. The zero-order valence-corrected chi connectivity index (χ0v) is 17.0. The van der Waals surface area contributed by atoms with Gasteiger partial charge in [-0.05, 0) is 32.6 Å². The second-order valence-corrected chi connectivity index (χ2v) is 31.6. The van der Waals surface area contributed by atoms with Crippen molar-refractivity contribution in [1.29, 1.82) is 0 Å². The van der Waals surface area contributed by atoms with E-state index in [2.05, 4.69) is 39.3 Å². The molecule has 4 nitrogen and oxygen atoms in total. The monoisotopic (exact) mass is 334 g/mol. The Labute approximate surface area is 126 Å². The quantitative estimate of drug-likeness (QED) is 0.281. The summed E-state index contributed by atoms with van der Waals surface area (Å²) in [5, 5.41) is 0. The van der Waals surface area contributed by atoms with Crippen molar-refractivity contribution in [3.05, 3.63) is 12.7 Å². The molecule has 0 saturated carbocycles. The van der Waals surface area contributed by atoms with E-state index in [1.807, 2.05) is 14.2 Å². The molecular weight excluding hydrogens is 304 g/mol. The summed E-state index contributed by atoms with van der Waals surface area (Å²) in [7, 11) is -1.53. The van der Waals surface area contributed by atoms with Crippen LogP contribution in [0.15, 0.2) is 12.7 Å². The molecule has 7 heteroatoms. The predicted octanol–water partition coefficient (Wildman–Crippen LogP) is 3.04. The van der Waals surface area contributed by atoms with Crippen molar-refractivity contribution in [3.8, 4) is 0 Å². The third kappa shape index (κ3) is 4.39. The van der Waals surface area contributed by atoms with Crippen LogP contribution >= 0.6 is 0 Å². The summed E-state index contributed by atoms with van der Waals surface area (Å²) in [6, 6.07) is 1.08. The number of ether oxygens (including phenoxy) is 1. The molecule has 0 aromatic heterocycles. The third-order valence-electron chi connectivity index (χ3n) is 4.91. The normalized spacial score (nSPS) is 13.2. The molecule has 0 aromatic carbocycles. The summed E-state index contributed by atoms with van der Waals surface area (Å²) in [6.07, 6.45) is 2.08. The summed E-state index contributed by atoms with van der Waals surface area (Å²) < 4.78 is 16.9. The fraction of sp³-hybridized carbons (Fsp3) is 0.769. The molecule has 0 amide bonds. The van der Waals surface area contributed by atoms with Crippen molar-refractivity contribution in [3.63, 3.8) is 0 Å². The zero-order chi connectivity index (χ0) is 16.0. The molecule has 0 aliphatic rings. The number of carbonyl (C=O) groups is 1. The van der Waals surface area contributed by atoms with Crippen molar-refractivity contribution in [2.24, 2.45) is 0 Å². The van der Waals surface area contributed by atoms with Gasteiger partial charge in [-0.25, -0.2) is 4.79 Å². The molecule has 0 rings (SSSR count). The van der Waals surface area contributed by atoms with Crippen LogP contribution in [0.25, 0.3) is 0 Å². The van der Waals surface area contributed by atoms with Crippen molar-refractivity contribution in [2.45, 2.75) is 45.2 Å². The summed E-state index contributed by atoms with van der Waals surface area (Å²) in [5.41, 5.74) is 0. The standard InChI is InChI=1S/C13H30O4Si3/c1-9-13(14)17-11-10-12-20(8,18(4,5)15-2)19(6,7)16-3/h9H,1,10-12H2,2-8H3. The van der Waals surface area contributed by atoms with Crippen LogP contribution in [0.3, 0.4) is 0 Å². The van der Waals surface area contributed by atoms with E-state index in [9.17, 15) is 4.79 Å². The highest BCUT2D eigenvalue weighted by molar-refractivity contribution is 7.66. The maximum absolute atomic E-state index is 11.1. The highest BCUT2D eigenvalue weighted by Gasteiger charge is 2.57. The predicted molar refractivity (Wildman–Crippen MR) is 91.2 cm³/mol. The highest BCUT2D eigenvalue weighted by atomic mass is 29.7. The molecule has 118 valence electrons. The largest absolute Gasteiger partial charge is 0.463 e. The van der Waals surface area contributed by atoms with Crippen LogP contribution in [-0.2, 0) is 18.4 Å². The topological polar surface area (TPSA) is 44.8 Å². The number of hydrogen-bond donors (Lipinski definition) is 0. The molecular formula is C13H30O4Si3. The molecule has 0 N–H and O–H groups in total. The van der Waals surface area contributed by atoms with Gasteiger partial charge in [0.05, 0.1) is 6.61 Å². The van der Waals surface area contributed by atoms with Gasteiger partial charge in [0, 0.05) is 20.3 Å². The van der Waals surface area contributed by atoms with Crippen LogP contribution in [0.5, 0.6) is 0 Å². The molecule has 0 radical (unpaired) electrons. The first-order chi connectivity index (χ1) is 9.08. The van der Waals surface area contributed by atoms with Crippen LogP contribution in [0.1, 0.15) is 6.42 Å². The molecule has 0 spiro atoms. The van der Waals surface area contributed by atoms with Gasteiger partial charge in [-0.3, -0.25) is 0 Å². The number of carbonyl (C=O) groups excluding carboxylic acids is 1. The lowest BCUT2D eigenvalue weighted by Gasteiger charge is -2.47. The van der Waals surface area contributed by atoms with Gasteiger partial charge >= 0.3 is 5.97 Å². The number of esters is 1. The first-order valence-corrected chi connectivity index (χ1v) is 17.5. The van der Waals surface area contributed by atoms with Gasteiger partial charge in [-0.15, -0.1) is 0 Å². The maximum atomic E-state index is 11.1. The summed E-state index contributed by atoms with van der Waals surface area (Å²) >= 11 is 0. The van der Waals surface area contributed by atoms with Gasteiger partial charge in [-0.2, -0.15) is 0 Å². The van der Waals surface area contributed by atoms with Crippen LogP contribution in [-0.4, -0.2) is 49.6 Å². The van der Waals surface area contributed by atoms with E-state index in [0.717, 1.165) is 12.5 Å². The van der Waals surface area contributed by atoms with E-state index in [-0.39, 0.29) is 5.97 Å². The number of hydrogen-bond acceptors (Lipinski definition) is 4. The summed E-state index contributed by atoms with van der Waals surface area (Å²) in [4.78, 5) is 11.1. The van der Waals surface area contributed by atoms with Gasteiger partial charge in [0.15, 0.2) is 15.7 Å². The maximum Gasteiger partial charge on any atom is 0.330 e. The smallest absolute Gasteiger partial charge is 0.330 e. The van der Waals surface area contributed by atoms with Gasteiger partial charge in [0.1, 0.15) is 7.11 Å². The van der Waals surface area contributed by atoms with Crippen LogP contribution in [0.4, 0.5) is 0 Å². The Morgan fingerprint density at radius 2 is 1.50 bits per heavy atom. The average molecular weight is 335 g/mol. The van der Waals surface area contributed by atoms with E-state index in [0.29, 0.717) is 6.61 Å². The van der Waals surface area contributed by atoms with E-state index in [1.54, 1.807) is 0 Å². The van der Waals surface area contributed by atoms with Crippen molar-refractivity contribution >= 4 is 28.7 Å². The van der Waals surface area contributed by atoms with Gasteiger partial charge < -0.3 is 13.6 Å². The molecule has 0 aliphatic heterocycles. The van der Waals surface area contributed by atoms with E-state index in [4.69, 9.17) is 13.6 Å². The van der Waals surface area contributed by atoms with E-state index in [1.165, 1.54) is 6.08 Å². The Morgan fingerprint density at radius 3 is 1.85 bits per heavy atom. The van der Waals surface area contributed by atoms with Gasteiger partial charge in [0.25, 0.3) is 0 Å². The lowest BCUT2D eigenvalue weighted by Crippen LogP contribution is -2.73. The Balaban J connectivity index is 4.90. The third-order valence-corrected chi connectivity index (χ3v) is 43.1. The first-order valence-electron chi connectivity index (χ1n) is 6.97. The van der Waals surface area contributed by atoms with Crippen molar-refractivity contribution in [1.82, 2.24) is 0 Å². The van der Waals surface area contributed by atoms with Crippen molar-refractivity contribution in [2.75, 3.05) is 20.8 Å². The SMILES string of the molecule is C=CC(=O)OCCC[Si](C)([Si](C)(C)OC)[Si](C)(C)OC. The first kappa shape index (κ1) is 19.8. The molecule has 0 fully saturated rings. The summed E-state index contributed by atoms with van der Waals surface area (Å²) in [6.45, 7) is 15.4. The van der Waals surface area contributed by atoms with Crippen LogP contribution in [0, 0.1) is 0 Å². The average Bonchev–Trinajstić information content (AvgIpc) is 2.42. The fourth-order valence-corrected chi connectivity index (χ4v) is 33.5. The zero-order valence-electron chi connectivity index (χ0n) is 14.0. The minimum absolute atomic E-state index is 0.347. The Morgan fingerprint density at radius 1 is 1.05 bits per heavy atom. The molecule has 20 heavy (non-hydrogen) atoms. The lowest BCUT2D eigenvalue weighted by molar-refractivity contribution is -0.137. The minimum Gasteiger partial charge on any atom is -0.463 e. The van der Waals surface area contributed by atoms with Crippen LogP contribution < -0.4 is 0 Å². The second kappa shape index (κ2) is 7.69. The molecule has 0 saturated heterocycles. The minimum atomic E-state index is -1.76. The Kier molecular flexibility index (Phi) is 7.61. The molecule has 0 unspecified atom stereocenters. The van der Waals surface area contributed by atoms with E-state index >= 15 is 0 Å². The molecule has 0 atom stereocenters. The molecule has 0 heterocycles. The van der Waals surface area contributed by atoms with Crippen molar-refractivity contribution < 1.29 is 18.4 Å². The van der Waals surface area contributed by atoms with Crippen LogP contribution in [0.2, 0.25) is 38.8 Å². The summed E-state index contributed by atoms with van der Waals surface area (Å²) in [5.74, 6) is -0.347. The Hall–Kier alpha value is -0.219. The lowest BCUT2D eigenvalue weighted by atomic mass is 10.5. The fourth-order valence-electron chi connectivity index (χ4n) is 2.43.